The maximum Gasteiger partial charge on any atom is 0.119 e. The highest BCUT2D eigenvalue weighted by Gasteiger charge is 2.02. The largest absolute Gasteiger partial charge is 0.493 e. The van der Waals surface area contributed by atoms with E-state index in [2.05, 4.69) is 59.3 Å². The van der Waals surface area contributed by atoms with E-state index < -0.39 is 0 Å². The maximum atomic E-state index is 5.72. The Labute approximate surface area is 117 Å². The minimum atomic E-state index is 0.527. The summed E-state index contributed by atoms with van der Waals surface area (Å²) in [4.78, 5) is 0. The van der Waals surface area contributed by atoms with E-state index >= 15 is 0 Å². The summed E-state index contributed by atoms with van der Waals surface area (Å²) in [6, 6.07) is 18.6. The summed E-state index contributed by atoms with van der Waals surface area (Å²) in [6.45, 7) is 2.91. The molecule has 0 amide bonds. The van der Waals surface area contributed by atoms with Gasteiger partial charge in [0, 0.05) is 5.33 Å². The van der Waals surface area contributed by atoms with Crippen LogP contribution in [0.3, 0.4) is 0 Å². The summed E-state index contributed by atoms with van der Waals surface area (Å²) in [5.41, 5.74) is 2.45. The summed E-state index contributed by atoms with van der Waals surface area (Å²) in [6.07, 6.45) is 0. The van der Waals surface area contributed by atoms with Gasteiger partial charge in [-0.25, -0.2) is 0 Å². The summed E-state index contributed by atoms with van der Waals surface area (Å²) < 4.78 is 5.72. The molecule has 18 heavy (non-hydrogen) atoms. The quantitative estimate of drug-likeness (QED) is 0.723. The van der Waals surface area contributed by atoms with E-state index in [-0.39, 0.29) is 0 Å². The van der Waals surface area contributed by atoms with Gasteiger partial charge in [0.2, 0.25) is 0 Å². The number of hydrogen-bond acceptors (Lipinski definition) is 1. The fourth-order valence-electron chi connectivity index (χ4n) is 1.66. The van der Waals surface area contributed by atoms with Crippen molar-refractivity contribution in [2.24, 2.45) is 5.92 Å². The van der Waals surface area contributed by atoms with E-state index in [1.165, 1.54) is 11.1 Å². The lowest BCUT2D eigenvalue weighted by Crippen LogP contribution is -2.09. The number of halogens is 1. The first-order valence-corrected chi connectivity index (χ1v) is 7.26. The zero-order valence-corrected chi connectivity index (χ0v) is 12.1. The molecular weight excluding hydrogens is 288 g/mol. The van der Waals surface area contributed by atoms with Crippen molar-refractivity contribution in [2.75, 3.05) is 11.9 Å². The predicted molar refractivity (Wildman–Crippen MR) is 80.3 cm³/mol. The van der Waals surface area contributed by atoms with Crippen LogP contribution in [0.1, 0.15) is 6.92 Å². The molecule has 94 valence electrons. The summed E-state index contributed by atoms with van der Waals surface area (Å²) in [7, 11) is 0. The van der Waals surface area contributed by atoms with Gasteiger partial charge in [-0.1, -0.05) is 65.3 Å². The van der Waals surface area contributed by atoms with E-state index in [4.69, 9.17) is 4.74 Å². The average Bonchev–Trinajstić information content (AvgIpc) is 2.46. The number of benzene rings is 2. The molecule has 2 aromatic rings. The van der Waals surface area contributed by atoms with Crippen LogP contribution in [0.2, 0.25) is 0 Å². The Hall–Kier alpha value is -1.28. The summed E-state index contributed by atoms with van der Waals surface area (Å²) >= 11 is 3.45. The molecule has 0 bridgehead atoms. The predicted octanol–water partition coefficient (Wildman–Crippen LogP) is 4.76. The summed E-state index contributed by atoms with van der Waals surface area (Å²) in [5, 5.41) is 0.967. The van der Waals surface area contributed by atoms with Crippen LogP contribution < -0.4 is 4.74 Å². The van der Waals surface area contributed by atoms with Crippen molar-refractivity contribution < 1.29 is 4.74 Å². The molecule has 0 aliphatic rings. The Bertz CT molecular complexity index is 464. The van der Waals surface area contributed by atoms with Crippen LogP contribution in [0.25, 0.3) is 11.1 Å². The van der Waals surface area contributed by atoms with Crippen LogP contribution in [0, 0.1) is 5.92 Å². The Morgan fingerprint density at radius 1 is 0.944 bits per heavy atom. The first-order valence-electron chi connectivity index (χ1n) is 6.14. The maximum absolute atomic E-state index is 5.72. The van der Waals surface area contributed by atoms with Gasteiger partial charge in [-0.15, -0.1) is 0 Å². The highest BCUT2D eigenvalue weighted by Crippen LogP contribution is 2.22. The molecule has 0 fully saturated rings. The zero-order valence-electron chi connectivity index (χ0n) is 10.5. The number of rotatable bonds is 5. The van der Waals surface area contributed by atoms with E-state index in [0.717, 1.165) is 17.7 Å². The van der Waals surface area contributed by atoms with Crippen LogP contribution in [0.4, 0.5) is 0 Å². The monoisotopic (exact) mass is 304 g/mol. The third kappa shape index (κ3) is 3.61. The third-order valence-electron chi connectivity index (χ3n) is 2.76. The second kappa shape index (κ2) is 6.60. The molecule has 0 heterocycles. The third-order valence-corrected chi connectivity index (χ3v) is 3.86. The van der Waals surface area contributed by atoms with Crippen LogP contribution in [0.5, 0.6) is 5.75 Å². The van der Waals surface area contributed by atoms with Gasteiger partial charge in [0.15, 0.2) is 0 Å². The normalized spacial score (nSPS) is 12.1. The van der Waals surface area contributed by atoms with Crippen molar-refractivity contribution in [1.82, 2.24) is 0 Å². The van der Waals surface area contributed by atoms with Gasteiger partial charge in [-0.2, -0.15) is 0 Å². The fraction of sp³-hybridized carbons (Fsp3) is 0.250. The van der Waals surface area contributed by atoms with Gasteiger partial charge >= 0.3 is 0 Å². The Kier molecular flexibility index (Phi) is 4.82. The van der Waals surface area contributed by atoms with E-state index in [1.807, 2.05) is 18.2 Å². The van der Waals surface area contributed by atoms with Crippen molar-refractivity contribution in [3.63, 3.8) is 0 Å². The second-order valence-corrected chi connectivity index (χ2v) is 5.11. The molecule has 0 spiro atoms. The number of ether oxygens (including phenoxy) is 1. The van der Waals surface area contributed by atoms with Crippen LogP contribution >= 0.6 is 15.9 Å². The van der Waals surface area contributed by atoms with Crippen LogP contribution in [-0.2, 0) is 0 Å². The molecule has 0 aliphatic heterocycles. The number of hydrogen-bond donors (Lipinski definition) is 0. The SMILES string of the molecule is CC(CBr)COc1ccc(-c2ccccc2)cc1. The smallest absolute Gasteiger partial charge is 0.119 e. The second-order valence-electron chi connectivity index (χ2n) is 4.46. The Balaban J connectivity index is 2.02. The Morgan fingerprint density at radius 3 is 2.17 bits per heavy atom. The minimum Gasteiger partial charge on any atom is -0.493 e. The molecule has 0 radical (unpaired) electrons. The Morgan fingerprint density at radius 2 is 1.56 bits per heavy atom. The first-order chi connectivity index (χ1) is 8.79. The van der Waals surface area contributed by atoms with Crippen molar-refractivity contribution in [3.8, 4) is 16.9 Å². The van der Waals surface area contributed by atoms with Crippen LogP contribution in [0.15, 0.2) is 54.6 Å². The minimum absolute atomic E-state index is 0.527. The molecule has 1 nitrogen and oxygen atoms in total. The molecule has 2 aromatic carbocycles. The van der Waals surface area contributed by atoms with Crippen molar-refractivity contribution in [1.29, 1.82) is 0 Å². The molecule has 0 aromatic heterocycles. The van der Waals surface area contributed by atoms with Crippen molar-refractivity contribution in [2.45, 2.75) is 6.92 Å². The molecule has 0 saturated carbocycles. The fourth-order valence-corrected chi connectivity index (χ4v) is 1.84. The summed E-state index contributed by atoms with van der Waals surface area (Å²) in [5.74, 6) is 1.46. The van der Waals surface area contributed by atoms with Gasteiger partial charge in [0.05, 0.1) is 6.61 Å². The van der Waals surface area contributed by atoms with Gasteiger partial charge < -0.3 is 4.74 Å². The number of alkyl halides is 1. The van der Waals surface area contributed by atoms with Gasteiger partial charge in [0.25, 0.3) is 0 Å². The van der Waals surface area contributed by atoms with Crippen LogP contribution in [-0.4, -0.2) is 11.9 Å². The van der Waals surface area contributed by atoms with E-state index in [0.29, 0.717) is 5.92 Å². The van der Waals surface area contributed by atoms with Gasteiger partial charge in [0.1, 0.15) is 5.75 Å². The average molecular weight is 305 g/mol. The molecule has 2 rings (SSSR count). The molecule has 0 N–H and O–H groups in total. The standard InChI is InChI=1S/C16H17BrO/c1-13(11-17)12-18-16-9-7-15(8-10-16)14-5-3-2-4-6-14/h2-10,13H,11-12H2,1H3. The van der Waals surface area contributed by atoms with Gasteiger partial charge in [-0.3, -0.25) is 0 Å². The molecule has 1 atom stereocenters. The topological polar surface area (TPSA) is 9.23 Å². The lowest BCUT2D eigenvalue weighted by molar-refractivity contribution is 0.274. The first kappa shape index (κ1) is 13.2. The van der Waals surface area contributed by atoms with E-state index in [1.54, 1.807) is 0 Å². The zero-order chi connectivity index (χ0) is 12.8. The van der Waals surface area contributed by atoms with Crippen molar-refractivity contribution in [3.05, 3.63) is 54.6 Å². The highest BCUT2D eigenvalue weighted by molar-refractivity contribution is 9.09. The molecule has 0 aliphatic carbocycles. The highest BCUT2D eigenvalue weighted by atomic mass is 79.9. The molecule has 2 heteroatoms. The lowest BCUT2D eigenvalue weighted by atomic mass is 10.1. The lowest BCUT2D eigenvalue weighted by Gasteiger charge is -2.10. The molecule has 1 unspecified atom stereocenters. The van der Waals surface area contributed by atoms with Crippen molar-refractivity contribution >= 4 is 15.9 Å². The van der Waals surface area contributed by atoms with E-state index in [9.17, 15) is 0 Å². The molecule has 0 saturated heterocycles. The van der Waals surface area contributed by atoms with Gasteiger partial charge in [-0.05, 0) is 29.2 Å². The molecular formula is C16H17BrO.